The summed E-state index contributed by atoms with van der Waals surface area (Å²) in [5.41, 5.74) is -0.0698. The third-order valence-electron chi connectivity index (χ3n) is 3.69. The molecule has 12 heteroatoms. The molecule has 0 bridgehead atoms. The Labute approximate surface area is 169 Å². The maximum absolute atomic E-state index is 12.3. The van der Waals surface area contributed by atoms with Crippen LogP contribution >= 0.6 is 11.6 Å². The number of sulfonamides is 1. The molecule has 0 fully saturated rings. The Hall–Kier alpha value is -3.44. The van der Waals surface area contributed by atoms with Crippen molar-refractivity contribution in [3.63, 3.8) is 0 Å². The van der Waals surface area contributed by atoms with Gasteiger partial charge in [-0.2, -0.15) is 0 Å². The first-order valence-corrected chi connectivity index (χ1v) is 9.83. The predicted octanol–water partition coefficient (Wildman–Crippen LogP) is 3.60. The Balaban J connectivity index is 1.74. The van der Waals surface area contributed by atoms with Gasteiger partial charge in [0.1, 0.15) is 10.8 Å². The predicted molar refractivity (Wildman–Crippen MR) is 105 cm³/mol. The number of nitrogens with zero attached hydrogens (tertiary/aromatic N) is 2. The highest BCUT2D eigenvalue weighted by atomic mass is 35.5. The minimum absolute atomic E-state index is 0.0286. The molecule has 0 atom stereocenters. The van der Waals surface area contributed by atoms with Crippen LogP contribution in [-0.2, 0) is 10.0 Å². The zero-order valence-corrected chi connectivity index (χ0v) is 16.3. The van der Waals surface area contributed by atoms with Gasteiger partial charge in [-0.05, 0) is 43.3 Å². The molecule has 1 amide bonds. The number of aryl methyl sites for hydroxylation is 1. The van der Waals surface area contributed by atoms with Crippen LogP contribution in [0.1, 0.15) is 16.1 Å². The number of benzene rings is 2. The molecular weight excluding hydrogens is 424 g/mol. The fraction of sp³-hybridized carbons (Fsp3) is 0.0588. The molecule has 0 spiro atoms. The number of nitro groups is 1. The molecule has 0 saturated heterocycles. The van der Waals surface area contributed by atoms with E-state index in [1.54, 1.807) is 6.92 Å². The first-order valence-electron chi connectivity index (χ1n) is 7.97. The van der Waals surface area contributed by atoms with Gasteiger partial charge in [-0.3, -0.25) is 19.6 Å². The van der Waals surface area contributed by atoms with E-state index in [4.69, 9.17) is 16.1 Å². The molecule has 10 nitrogen and oxygen atoms in total. The van der Waals surface area contributed by atoms with Crippen molar-refractivity contribution >= 4 is 44.7 Å². The SMILES string of the molecule is Cc1cc(NS(=O)(=O)c2ccc(NC(=O)c3ccc(Cl)c([N+](=O)[O-])c3)cc2)no1. The van der Waals surface area contributed by atoms with Crippen molar-refractivity contribution in [2.75, 3.05) is 10.0 Å². The maximum Gasteiger partial charge on any atom is 0.288 e. The normalized spacial score (nSPS) is 11.1. The highest BCUT2D eigenvalue weighted by Crippen LogP contribution is 2.25. The first kappa shape index (κ1) is 20.3. The average molecular weight is 437 g/mol. The summed E-state index contributed by atoms with van der Waals surface area (Å²) in [7, 11) is -3.89. The Morgan fingerprint density at radius 3 is 2.45 bits per heavy atom. The number of hydrogen-bond acceptors (Lipinski definition) is 7. The third-order valence-corrected chi connectivity index (χ3v) is 5.38. The Kier molecular flexibility index (Phi) is 5.52. The molecule has 0 saturated carbocycles. The van der Waals surface area contributed by atoms with Crippen molar-refractivity contribution in [2.24, 2.45) is 0 Å². The molecule has 150 valence electrons. The van der Waals surface area contributed by atoms with E-state index in [9.17, 15) is 23.3 Å². The number of amides is 1. The van der Waals surface area contributed by atoms with Crippen LogP contribution in [0, 0.1) is 17.0 Å². The van der Waals surface area contributed by atoms with Crippen molar-refractivity contribution in [3.8, 4) is 0 Å². The van der Waals surface area contributed by atoms with Crippen molar-refractivity contribution in [1.29, 1.82) is 0 Å². The van der Waals surface area contributed by atoms with Crippen LogP contribution < -0.4 is 10.0 Å². The van der Waals surface area contributed by atoms with Crippen molar-refractivity contribution in [3.05, 3.63) is 75.0 Å². The van der Waals surface area contributed by atoms with Gasteiger partial charge in [0.25, 0.3) is 21.6 Å². The summed E-state index contributed by atoms with van der Waals surface area (Å²) in [6, 6.07) is 10.4. The zero-order chi connectivity index (χ0) is 21.2. The van der Waals surface area contributed by atoms with Crippen LogP contribution in [0.2, 0.25) is 5.02 Å². The quantitative estimate of drug-likeness (QED) is 0.443. The summed E-state index contributed by atoms with van der Waals surface area (Å²) in [4.78, 5) is 22.5. The molecule has 1 aromatic heterocycles. The lowest BCUT2D eigenvalue weighted by atomic mass is 10.2. The largest absolute Gasteiger partial charge is 0.360 e. The fourth-order valence-electron chi connectivity index (χ4n) is 2.33. The minimum atomic E-state index is -3.89. The molecule has 0 aliphatic carbocycles. The lowest BCUT2D eigenvalue weighted by Crippen LogP contribution is -2.14. The number of carbonyl (C=O) groups is 1. The highest BCUT2D eigenvalue weighted by molar-refractivity contribution is 7.92. The van der Waals surface area contributed by atoms with E-state index in [0.717, 1.165) is 6.07 Å². The molecular formula is C17H13ClN4O6S. The van der Waals surface area contributed by atoms with Crippen molar-refractivity contribution < 1.29 is 22.7 Å². The van der Waals surface area contributed by atoms with Gasteiger partial charge in [-0.15, -0.1) is 0 Å². The molecule has 3 aromatic rings. The summed E-state index contributed by atoms with van der Waals surface area (Å²) in [6.45, 7) is 1.62. The van der Waals surface area contributed by atoms with Crippen molar-refractivity contribution in [2.45, 2.75) is 11.8 Å². The molecule has 2 N–H and O–H groups in total. The van der Waals surface area contributed by atoms with Crippen molar-refractivity contribution in [1.82, 2.24) is 5.16 Å². The maximum atomic E-state index is 12.3. The topological polar surface area (TPSA) is 144 Å². The van der Waals surface area contributed by atoms with E-state index in [-0.39, 0.29) is 21.3 Å². The van der Waals surface area contributed by atoms with Crippen LogP contribution in [0.3, 0.4) is 0 Å². The standard InChI is InChI=1S/C17H13ClN4O6S/c1-10-8-16(20-28-10)21-29(26,27)13-5-3-12(4-6-13)19-17(23)11-2-7-14(18)15(9-11)22(24)25/h2-9H,1H3,(H,19,23)(H,20,21). The summed E-state index contributed by atoms with van der Waals surface area (Å²) >= 11 is 5.73. The molecule has 0 aliphatic rings. The van der Waals surface area contributed by atoms with Gasteiger partial charge in [0.15, 0.2) is 5.82 Å². The van der Waals surface area contributed by atoms with Crippen LogP contribution in [-0.4, -0.2) is 24.4 Å². The van der Waals surface area contributed by atoms with E-state index in [0.29, 0.717) is 11.4 Å². The Bertz CT molecular complexity index is 1190. The van der Waals surface area contributed by atoms with Gasteiger partial charge in [0.2, 0.25) is 0 Å². The second kappa shape index (κ2) is 7.89. The van der Waals surface area contributed by atoms with Gasteiger partial charge in [-0.25, -0.2) is 8.42 Å². The van der Waals surface area contributed by atoms with E-state index in [1.807, 2.05) is 0 Å². The van der Waals surface area contributed by atoms with Crippen LogP contribution in [0.15, 0.2) is 57.9 Å². The number of anilines is 2. The molecule has 0 radical (unpaired) electrons. The van der Waals surface area contributed by atoms with Gasteiger partial charge >= 0.3 is 0 Å². The Morgan fingerprint density at radius 1 is 1.17 bits per heavy atom. The summed E-state index contributed by atoms with van der Waals surface area (Å²) < 4.78 is 31.8. The van der Waals surface area contributed by atoms with E-state index < -0.39 is 26.5 Å². The number of carbonyl (C=O) groups excluding carboxylic acids is 1. The monoisotopic (exact) mass is 436 g/mol. The van der Waals surface area contributed by atoms with Gasteiger partial charge in [0.05, 0.1) is 9.82 Å². The number of halogens is 1. The highest BCUT2D eigenvalue weighted by Gasteiger charge is 2.18. The van der Waals surface area contributed by atoms with E-state index >= 15 is 0 Å². The zero-order valence-electron chi connectivity index (χ0n) is 14.7. The fourth-order valence-corrected chi connectivity index (χ4v) is 3.50. The smallest absolute Gasteiger partial charge is 0.288 e. The summed E-state index contributed by atoms with van der Waals surface area (Å²) in [5, 5.41) is 16.9. The lowest BCUT2D eigenvalue weighted by Gasteiger charge is -2.08. The molecule has 0 aliphatic heterocycles. The lowest BCUT2D eigenvalue weighted by molar-refractivity contribution is -0.384. The van der Waals surface area contributed by atoms with Crippen LogP contribution in [0.5, 0.6) is 0 Å². The average Bonchev–Trinajstić information content (AvgIpc) is 3.06. The van der Waals surface area contributed by atoms with Crippen LogP contribution in [0.4, 0.5) is 17.2 Å². The molecule has 3 rings (SSSR count). The Morgan fingerprint density at radius 2 is 1.86 bits per heavy atom. The van der Waals surface area contributed by atoms with Gasteiger partial charge < -0.3 is 9.84 Å². The summed E-state index contributed by atoms with van der Waals surface area (Å²) in [5.74, 6) is -0.121. The number of nitro benzene ring substituents is 1. The third kappa shape index (κ3) is 4.70. The molecule has 0 unspecified atom stereocenters. The van der Waals surface area contributed by atoms with Gasteiger partial charge in [-0.1, -0.05) is 16.8 Å². The minimum Gasteiger partial charge on any atom is -0.360 e. The first-order chi connectivity index (χ1) is 13.7. The molecule has 29 heavy (non-hydrogen) atoms. The number of hydrogen-bond donors (Lipinski definition) is 2. The number of nitrogens with one attached hydrogen (secondary N) is 2. The number of aromatic nitrogens is 1. The molecule has 1 heterocycles. The second-order valence-electron chi connectivity index (χ2n) is 5.83. The van der Waals surface area contributed by atoms with E-state index in [2.05, 4.69) is 15.2 Å². The number of rotatable bonds is 6. The van der Waals surface area contributed by atoms with Gasteiger partial charge in [0, 0.05) is 23.4 Å². The molecule has 2 aromatic carbocycles. The summed E-state index contributed by atoms with van der Waals surface area (Å²) in [6.07, 6.45) is 0. The van der Waals surface area contributed by atoms with Crippen LogP contribution in [0.25, 0.3) is 0 Å². The van der Waals surface area contributed by atoms with E-state index in [1.165, 1.54) is 42.5 Å². The second-order valence-corrected chi connectivity index (χ2v) is 7.92.